The van der Waals surface area contributed by atoms with Crippen LogP contribution in [0.15, 0.2) is 0 Å². The molecule has 1 amide bonds. The van der Waals surface area contributed by atoms with Gasteiger partial charge in [-0.3, -0.25) is 0 Å². The van der Waals surface area contributed by atoms with Gasteiger partial charge < -0.3 is 24.3 Å². The van der Waals surface area contributed by atoms with Crippen molar-refractivity contribution < 1.29 is 23.7 Å². The monoisotopic (exact) mass is 305 g/mol. The number of amides is 1. The molecule has 0 atom stereocenters. The molecule has 0 aromatic heterocycles. The van der Waals surface area contributed by atoms with Gasteiger partial charge >= 0.3 is 6.09 Å². The Bertz CT molecular complexity index is 253. The van der Waals surface area contributed by atoms with E-state index in [0.29, 0.717) is 26.4 Å². The zero-order valence-corrected chi connectivity index (χ0v) is 13.9. The van der Waals surface area contributed by atoms with Crippen molar-refractivity contribution >= 4 is 6.09 Å². The molecule has 0 aliphatic rings. The Balaban J connectivity index is 3.17. The van der Waals surface area contributed by atoms with E-state index in [1.54, 1.807) is 7.11 Å². The quantitative estimate of drug-likeness (QED) is 0.561. The second-order valence-electron chi connectivity index (χ2n) is 5.71. The molecule has 0 bridgehead atoms. The maximum atomic E-state index is 11.3. The molecular formula is C15H31NO5. The lowest BCUT2D eigenvalue weighted by Gasteiger charge is -2.19. The van der Waals surface area contributed by atoms with Crippen LogP contribution in [0, 0.1) is 0 Å². The molecule has 21 heavy (non-hydrogen) atoms. The maximum absolute atomic E-state index is 11.3. The van der Waals surface area contributed by atoms with Gasteiger partial charge in [-0.1, -0.05) is 0 Å². The highest BCUT2D eigenvalue weighted by atomic mass is 16.6. The Labute approximate surface area is 128 Å². The highest BCUT2D eigenvalue weighted by Crippen LogP contribution is 2.06. The lowest BCUT2D eigenvalue weighted by Crippen LogP contribution is -2.34. The summed E-state index contributed by atoms with van der Waals surface area (Å²) in [4.78, 5) is 11.3. The third-order valence-electron chi connectivity index (χ3n) is 2.42. The maximum Gasteiger partial charge on any atom is 0.407 e. The number of carbonyl (C=O) groups excluding carboxylic acids is 1. The zero-order chi connectivity index (χ0) is 16.0. The van der Waals surface area contributed by atoms with Gasteiger partial charge in [0.15, 0.2) is 0 Å². The molecule has 0 heterocycles. The summed E-state index contributed by atoms with van der Waals surface area (Å²) >= 11 is 0. The highest BCUT2D eigenvalue weighted by molar-refractivity contribution is 5.67. The average molecular weight is 305 g/mol. The van der Waals surface area contributed by atoms with Crippen LogP contribution < -0.4 is 5.32 Å². The first kappa shape index (κ1) is 20.1. The summed E-state index contributed by atoms with van der Waals surface area (Å²) in [6.45, 7) is 9.06. The van der Waals surface area contributed by atoms with Gasteiger partial charge in [-0.05, 0) is 40.0 Å². The minimum absolute atomic E-state index is 0.418. The summed E-state index contributed by atoms with van der Waals surface area (Å²) in [5, 5.41) is 2.63. The van der Waals surface area contributed by atoms with Gasteiger partial charge in [0.05, 0.1) is 19.8 Å². The normalized spacial score (nSPS) is 11.4. The summed E-state index contributed by atoms with van der Waals surface area (Å²) in [5.74, 6) is 0. The van der Waals surface area contributed by atoms with Crippen molar-refractivity contribution in [2.24, 2.45) is 0 Å². The molecule has 0 aromatic carbocycles. The molecule has 126 valence electrons. The first-order valence-corrected chi connectivity index (χ1v) is 7.57. The van der Waals surface area contributed by atoms with E-state index in [1.165, 1.54) is 0 Å². The second-order valence-corrected chi connectivity index (χ2v) is 5.71. The molecule has 0 unspecified atom stereocenters. The lowest BCUT2D eigenvalue weighted by molar-refractivity contribution is 0.0388. The lowest BCUT2D eigenvalue weighted by atomic mass is 10.2. The van der Waals surface area contributed by atoms with E-state index in [0.717, 1.165) is 32.5 Å². The van der Waals surface area contributed by atoms with Gasteiger partial charge in [0, 0.05) is 26.9 Å². The average Bonchev–Trinajstić information content (AvgIpc) is 2.38. The summed E-state index contributed by atoms with van der Waals surface area (Å²) in [6.07, 6.45) is 2.82. The van der Waals surface area contributed by atoms with Gasteiger partial charge in [0.1, 0.15) is 5.60 Å². The number of hydrogen-bond acceptors (Lipinski definition) is 5. The smallest absolute Gasteiger partial charge is 0.407 e. The van der Waals surface area contributed by atoms with Crippen molar-refractivity contribution in [1.29, 1.82) is 0 Å². The fourth-order valence-corrected chi connectivity index (χ4v) is 1.49. The van der Waals surface area contributed by atoms with E-state index >= 15 is 0 Å². The molecule has 0 aliphatic carbocycles. The molecule has 0 saturated heterocycles. The third-order valence-corrected chi connectivity index (χ3v) is 2.42. The van der Waals surface area contributed by atoms with E-state index in [2.05, 4.69) is 5.32 Å². The van der Waals surface area contributed by atoms with E-state index in [-0.39, 0.29) is 0 Å². The number of hydrogen-bond donors (Lipinski definition) is 1. The van der Waals surface area contributed by atoms with E-state index in [4.69, 9.17) is 18.9 Å². The van der Waals surface area contributed by atoms with Crippen molar-refractivity contribution in [1.82, 2.24) is 5.32 Å². The van der Waals surface area contributed by atoms with Gasteiger partial charge in [-0.2, -0.15) is 0 Å². The largest absolute Gasteiger partial charge is 0.444 e. The molecule has 0 saturated carbocycles. The van der Waals surface area contributed by atoms with Crippen LogP contribution in [0.1, 0.15) is 40.0 Å². The SMILES string of the molecule is COCCCCCOCCOCCNC(=O)OC(C)(C)C. The summed E-state index contributed by atoms with van der Waals surface area (Å²) in [5.41, 5.74) is -0.470. The van der Waals surface area contributed by atoms with E-state index < -0.39 is 11.7 Å². The Morgan fingerprint density at radius 3 is 2.14 bits per heavy atom. The minimum Gasteiger partial charge on any atom is -0.444 e. The standard InChI is InChI=1S/C15H31NO5/c1-15(2,3)21-14(17)16-8-11-20-13-12-19-10-7-5-6-9-18-4/h5-13H2,1-4H3,(H,16,17). The molecular weight excluding hydrogens is 274 g/mol. The van der Waals surface area contributed by atoms with Crippen LogP contribution in [-0.2, 0) is 18.9 Å². The topological polar surface area (TPSA) is 66.0 Å². The molecule has 0 aliphatic heterocycles. The van der Waals surface area contributed by atoms with Crippen LogP contribution in [0.25, 0.3) is 0 Å². The van der Waals surface area contributed by atoms with Crippen LogP contribution in [0.2, 0.25) is 0 Å². The van der Waals surface area contributed by atoms with Crippen LogP contribution in [0.3, 0.4) is 0 Å². The van der Waals surface area contributed by atoms with Crippen molar-refractivity contribution in [3.63, 3.8) is 0 Å². The molecule has 1 N–H and O–H groups in total. The molecule has 0 rings (SSSR count). The molecule has 0 aromatic rings. The van der Waals surface area contributed by atoms with Gasteiger partial charge in [0.25, 0.3) is 0 Å². The Hall–Kier alpha value is -0.850. The number of nitrogens with one attached hydrogen (secondary N) is 1. The third kappa shape index (κ3) is 17.1. The van der Waals surface area contributed by atoms with Crippen LogP contribution >= 0.6 is 0 Å². The molecule has 0 fully saturated rings. The number of methoxy groups -OCH3 is 1. The van der Waals surface area contributed by atoms with Crippen molar-refractivity contribution in [3.05, 3.63) is 0 Å². The van der Waals surface area contributed by atoms with Crippen molar-refractivity contribution in [3.8, 4) is 0 Å². The zero-order valence-electron chi connectivity index (χ0n) is 13.9. The van der Waals surface area contributed by atoms with Crippen LogP contribution in [-0.4, -0.2) is 58.4 Å². The summed E-state index contributed by atoms with van der Waals surface area (Å²) in [6, 6.07) is 0. The number of ether oxygens (including phenoxy) is 4. The summed E-state index contributed by atoms with van der Waals surface area (Å²) < 4.78 is 20.8. The Kier molecular flexibility index (Phi) is 12.3. The second kappa shape index (κ2) is 12.9. The Morgan fingerprint density at radius 2 is 1.52 bits per heavy atom. The van der Waals surface area contributed by atoms with Crippen molar-refractivity contribution in [2.75, 3.05) is 46.7 Å². The van der Waals surface area contributed by atoms with Crippen LogP contribution in [0.5, 0.6) is 0 Å². The first-order valence-electron chi connectivity index (χ1n) is 7.57. The number of alkyl carbamates (subject to hydrolysis) is 1. The van der Waals surface area contributed by atoms with E-state index in [9.17, 15) is 4.79 Å². The first-order chi connectivity index (χ1) is 9.95. The predicted molar refractivity (Wildman–Crippen MR) is 81.6 cm³/mol. The molecule has 0 radical (unpaired) electrons. The fourth-order valence-electron chi connectivity index (χ4n) is 1.49. The fraction of sp³-hybridized carbons (Fsp3) is 0.933. The number of carbonyl (C=O) groups is 1. The number of unbranched alkanes of at least 4 members (excludes halogenated alkanes) is 2. The van der Waals surface area contributed by atoms with Gasteiger partial charge in [-0.15, -0.1) is 0 Å². The molecule has 6 nitrogen and oxygen atoms in total. The van der Waals surface area contributed by atoms with E-state index in [1.807, 2.05) is 20.8 Å². The Morgan fingerprint density at radius 1 is 0.905 bits per heavy atom. The highest BCUT2D eigenvalue weighted by Gasteiger charge is 2.15. The minimum atomic E-state index is -0.470. The molecule has 0 spiro atoms. The van der Waals surface area contributed by atoms with Gasteiger partial charge in [0.2, 0.25) is 0 Å². The number of rotatable bonds is 12. The van der Waals surface area contributed by atoms with Crippen molar-refractivity contribution in [2.45, 2.75) is 45.6 Å². The van der Waals surface area contributed by atoms with Crippen LogP contribution in [0.4, 0.5) is 4.79 Å². The summed E-state index contributed by atoms with van der Waals surface area (Å²) in [7, 11) is 1.71. The molecule has 6 heteroatoms. The van der Waals surface area contributed by atoms with Gasteiger partial charge in [-0.25, -0.2) is 4.79 Å². The predicted octanol–water partition coefficient (Wildman–Crippen LogP) is 2.36.